The minimum Gasteiger partial charge on any atom is -0.319 e. The van der Waals surface area contributed by atoms with Gasteiger partial charge in [0.1, 0.15) is 5.69 Å². The van der Waals surface area contributed by atoms with Crippen LogP contribution < -0.4 is 10.9 Å². The molecule has 0 aliphatic carbocycles. The van der Waals surface area contributed by atoms with Crippen LogP contribution in [0.1, 0.15) is 11.1 Å². The van der Waals surface area contributed by atoms with E-state index in [0.717, 1.165) is 22.9 Å². The number of hydrogen-bond acceptors (Lipinski definition) is 6. The van der Waals surface area contributed by atoms with Crippen molar-refractivity contribution >= 4 is 29.0 Å². The molecule has 9 heteroatoms. The van der Waals surface area contributed by atoms with Gasteiger partial charge in [-0.2, -0.15) is 0 Å². The topological polar surface area (TPSA) is 118 Å². The molecule has 0 aliphatic rings. The summed E-state index contributed by atoms with van der Waals surface area (Å²) in [5.41, 5.74) is 2.32. The molecule has 0 fully saturated rings. The summed E-state index contributed by atoms with van der Waals surface area (Å²) in [7, 11) is 0. The number of carbonyl (C=O) groups excluding carboxylic acids is 1. The molecular weight excluding hydrogens is 392 g/mol. The number of aromatic amines is 1. The van der Waals surface area contributed by atoms with E-state index in [0.29, 0.717) is 16.4 Å². The fourth-order valence-electron chi connectivity index (χ4n) is 2.82. The van der Waals surface area contributed by atoms with Crippen molar-refractivity contribution in [2.75, 3.05) is 11.1 Å². The van der Waals surface area contributed by atoms with Gasteiger partial charge in [-0.15, -0.1) is 0 Å². The van der Waals surface area contributed by atoms with Crippen LogP contribution in [0.5, 0.6) is 0 Å². The van der Waals surface area contributed by atoms with Gasteiger partial charge in [0.15, 0.2) is 5.16 Å². The van der Waals surface area contributed by atoms with E-state index in [1.807, 2.05) is 30.3 Å². The van der Waals surface area contributed by atoms with E-state index in [4.69, 9.17) is 0 Å². The summed E-state index contributed by atoms with van der Waals surface area (Å²) in [5.74, 6) is -0.496. The monoisotopic (exact) mass is 410 g/mol. The molecule has 8 nitrogen and oxygen atoms in total. The van der Waals surface area contributed by atoms with E-state index in [9.17, 15) is 19.7 Å². The zero-order chi connectivity index (χ0) is 21.0. The second kappa shape index (κ2) is 8.70. The number of amides is 1. The lowest BCUT2D eigenvalue weighted by Crippen LogP contribution is -2.17. The highest BCUT2D eigenvalue weighted by molar-refractivity contribution is 7.99. The number of aromatic nitrogens is 2. The van der Waals surface area contributed by atoms with Crippen molar-refractivity contribution in [1.82, 2.24) is 9.97 Å². The number of rotatable bonds is 6. The maximum absolute atomic E-state index is 12.4. The molecule has 0 aliphatic heterocycles. The number of nitro benzene ring substituents is 1. The van der Waals surface area contributed by atoms with Gasteiger partial charge in [-0.05, 0) is 25.0 Å². The second-order valence-corrected chi connectivity index (χ2v) is 7.34. The van der Waals surface area contributed by atoms with Crippen molar-refractivity contribution in [2.24, 2.45) is 0 Å². The first-order valence-electron chi connectivity index (χ1n) is 8.68. The maximum atomic E-state index is 12.4. The van der Waals surface area contributed by atoms with E-state index < -0.39 is 10.8 Å². The Kier molecular flexibility index (Phi) is 6.08. The molecule has 2 aromatic carbocycles. The van der Waals surface area contributed by atoms with Crippen LogP contribution in [0.25, 0.3) is 11.3 Å². The molecule has 148 valence electrons. The molecule has 0 saturated carbocycles. The molecule has 0 saturated heterocycles. The average Bonchev–Trinajstić information content (AvgIpc) is 2.68. The van der Waals surface area contributed by atoms with Gasteiger partial charge in [0.25, 0.3) is 11.2 Å². The lowest BCUT2D eigenvalue weighted by Gasteiger charge is -2.10. The molecule has 0 atom stereocenters. The minimum atomic E-state index is -0.523. The quantitative estimate of drug-likeness (QED) is 0.277. The van der Waals surface area contributed by atoms with Crippen molar-refractivity contribution in [2.45, 2.75) is 19.0 Å². The highest BCUT2D eigenvalue weighted by Crippen LogP contribution is 2.30. The number of nitro groups is 1. The van der Waals surface area contributed by atoms with Crippen molar-refractivity contribution in [3.8, 4) is 11.3 Å². The maximum Gasteiger partial charge on any atom is 0.293 e. The lowest BCUT2D eigenvalue weighted by atomic mass is 10.1. The average molecular weight is 410 g/mol. The normalized spacial score (nSPS) is 10.6. The van der Waals surface area contributed by atoms with E-state index in [2.05, 4.69) is 15.3 Å². The third-order valence-corrected chi connectivity index (χ3v) is 4.92. The van der Waals surface area contributed by atoms with Gasteiger partial charge in [-0.25, -0.2) is 4.98 Å². The van der Waals surface area contributed by atoms with Gasteiger partial charge in [0, 0.05) is 17.7 Å². The Morgan fingerprint density at radius 1 is 1.21 bits per heavy atom. The van der Waals surface area contributed by atoms with Gasteiger partial charge < -0.3 is 10.3 Å². The van der Waals surface area contributed by atoms with Gasteiger partial charge in [0.05, 0.1) is 16.4 Å². The molecule has 0 spiro atoms. The molecule has 0 bridgehead atoms. The van der Waals surface area contributed by atoms with Crippen molar-refractivity contribution in [3.05, 3.63) is 80.1 Å². The number of H-pyrrole nitrogens is 1. The number of carbonyl (C=O) groups is 1. The van der Waals surface area contributed by atoms with Crippen LogP contribution in [-0.2, 0) is 4.79 Å². The Bertz CT molecular complexity index is 1130. The molecular formula is C20H18N4O4S. The smallest absolute Gasteiger partial charge is 0.293 e. The Labute approximate surface area is 170 Å². The zero-order valence-corrected chi connectivity index (χ0v) is 16.6. The van der Waals surface area contributed by atoms with Crippen LogP contribution in [-0.4, -0.2) is 26.6 Å². The highest BCUT2D eigenvalue weighted by atomic mass is 32.2. The van der Waals surface area contributed by atoms with Crippen LogP contribution in [0.2, 0.25) is 0 Å². The minimum absolute atomic E-state index is 0.0638. The number of thioether (sulfide) groups is 1. The first-order chi connectivity index (χ1) is 13.8. The fraction of sp³-hybridized carbons (Fsp3) is 0.150. The predicted octanol–water partition coefficient (Wildman–Crippen LogP) is 3.69. The molecule has 1 heterocycles. The predicted molar refractivity (Wildman–Crippen MR) is 112 cm³/mol. The molecule has 3 aromatic rings. The standard InChI is InChI=1S/C20H18N4O4S/c1-12-8-13(2)19(16(9-12)24(27)28)22-18(26)11-29-20-21-15(10-17(25)23-20)14-6-4-3-5-7-14/h3-10H,11H2,1-2H3,(H,22,26)(H,21,23,25). The number of anilines is 1. The third kappa shape index (κ3) is 5.08. The number of hydrogen-bond donors (Lipinski definition) is 2. The SMILES string of the molecule is Cc1cc(C)c(NC(=O)CSc2nc(-c3ccccc3)cc(=O)[nH]2)c([N+](=O)[O-])c1. The van der Waals surface area contributed by atoms with Gasteiger partial charge in [0.2, 0.25) is 5.91 Å². The Hall–Kier alpha value is -3.46. The molecule has 0 radical (unpaired) electrons. The number of nitrogens with one attached hydrogen (secondary N) is 2. The molecule has 2 N–H and O–H groups in total. The lowest BCUT2D eigenvalue weighted by molar-refractivity contribution is -0.384. The zero-order valence-electron chi connectivity index (χ0n) is 15.8. The summed E-state index contributed by atoms with van der Waals surface area (Å²) in [6, 6.07) is 13.8. The molecule has 1 aromatic heterocycles. The third-order valence-electron chi connectivity index (χ3n) is 4.05. The van der Waals surface area contributed by atoms with Crippen molar-refractivity contribution in [1.29, 1.82) is 0 Å². The Morgan fingerprint density at radius 3 is 2.62 bits per heavy atom. The van der Waals surface area contributed by atoms with Crippen molar-refractivity contribution < 1.29 is 9.72 Å². The summed E-state index contributed by atoms with van der Waals surface area (Å²) >= 11 is 1.05. The summed E-state index contributed by atoms with van der Waals surface area (Å²) in [4.78, 5) is 42.0. The summed E-state index contributed by atoms with van der Waals surface area (Å²) in [6.07, 6.45) is 0. The van der Waals surface area contributed by atoms with E-state index in [1.54, 1.807) is 19.9 Å². The molecule has 3 rings (SSSR count). The highest BCUT2D eigenvalue weighted by Gasteiger charge is 2.19. The summed E-state index contributed by atoms with van der Waals surface area (Å²) in [6.45, 7) is 3.45. The van der Waals surface area contributed by atoms with E-state index in [-0.39, 0.29) is 22.7 Å². The molecule has 0 unspecified atom stereocenters. The van der Waals surface area contributed by atoms with Crippen LogP contribution in [0.4, 0.5) is 11.4 Å². The van der Waals surface area contributed by atoms with Crippen molar-refractivity contribution in [3.63, 3.8) is 0 Å². The van der Waals surface area contributed by atoms with E-state index in [1.165, 1.54) is 12.1 Å². The number of benzene rings is 2. The van der Waals surface area contributed by atoms with Crippen LogP contribution in [0, 0.1) is 24.0 Å². The largest absolute Gasteiger partial charge is 0.319 e. The van der Waals surface area contributed by atoms with E-state index >= 15 is 0 Å². The summed E-state index contributed by atoms with van der Waals surface area (Å²) in [5, 5.41) is 14.2. The number of aryl methyl sites for hydroxylation is 2. The van der Waals surface area contributed by atoms with Gasteiger partial charge in [-0.1, -0.05) is 48.2 Å². The molecule has 29 heavy (non-hydrogen) atoms. The van der Waals surface area contributed by atoms with Crippen LogP contribution in [0.15, 0.2) is 58.5 Å². The number of nitrogens with zero attached hydrogens (tertiary/aromatic N) is 2. The first-order valence-corrected chi connectivity index (χ1v) is 9.67. The van der Waals surface area contributed by atoms with Gasteiger partial charge in [-0.3, -0.25) is 19.7 Å². The van der Waals surface area contributed by atoms with Gasteiger partial charge >= 0.3 is 0 Å². The van der Waals surface area contributed by atoms with Crippen LogP contribution in [0.3, 0.4) is 0 Å². The van der Waals surface area contributed by atoms with Crippen LogP contribution >= 0.6 is 11.8 Å². The Morgan fingerprint density at radius 2 is 1.93 bits per heavy atom. The molecule has 1 amide bonds. The first kappa shape index (κ1) is 20.3. The fourth-order valence-corrected chi connectivity index (χ4v) is 3.50. The second-order valence-electron chi connectivity index (χ2n) is 6.37. The summed E-state index contributed by atoms with van der Waals surface area (Å²) < 4.78 is 0. The Balaban J connectivity index is 1.75.